The van der Waals surface area contributed by atoms with Crippen molar-refractivity contribution in [2.75, 3.05) is 32.8 Å². The van der Waals surface area contributed by atoms with Gasteiger partial charge in [0.05, 0.1) is 36.0 Å². The van der Waals surface area contributed by atoms with Crippen LogP contribution in [0.25, 0.3) is 0 Å². The Morgan fingerprint density at radius 2 is 1.83 bits per heavy atom. The van der Waals surface area contributed by atoms with E-state index in [1.165, 1.54) is 6.21 Å². The molecule has 0 aromatic heterocycles. The van der Waals surface area contributed by atoms with Gasteiger partial charge in [-0.1, -0.05) is 53.0 Å². The third kappa shape index (κ3) is 6.59. The van der Waals surface area contributed by atoms with Gasteiger partial charge in [-0.3, -0.25) is 9.69 Å². The number of morpholine rings is 1. The minimum Gasteiger partial charge on any atom is -0.486 e. The fraction of sp³-hybridized carbons (Fsp3) is 0.300. The Balaban J connectivity index is 1.56. The fourth-order valence-corrected chi connectivity index (χ4v) is 3.54. The number of hydrazone groups is 1. The first-order valence-corrected chi connectivity index (χ1v) is 10.1. The molecule has 1 aliphatic rings. The SMILES string of the molecule is O=C(CN1CCOCC1)N/N=C/c1cc(Cl)c(OCc2ccccc2Cl)c(Cl)c1. The van der Waals surface area contributed by atoms with E-state index in [1.807, 2.05) is 23.1 Å². The van der Waals surface area contributed by atoms with Crippen LogP contribution in [0.5, 0.6) is 5.75 Å². The number of halogens is 3. The lowest BCUT2D eigenvalue weighted by atomic mass is 10.2. The van der Waals surface area contributed by atoms with E-state index in [1.54, 1.807) is 18.2 Å². The van der Waals surface area contributed by atoms with E-state index in [2.05, 4.69) is 10.5 Å². The number of nitrogens with one attached hydrogen (secondary N) is 1. The Bertz CT molecular complexity index is 863. The number of rotatable bonds is 7. The molecule has 0 bridgehead atoms. The molecule has 29 heavy (non-hydrogen) atoms. The maximum absolute atomic E-state index is 11.9. The third-order valence-electron chi connectivity index (χ3n) is 4.22. The summed E-state index contributed by atoms with van der Waals surface area (Å²) in [6.45, 7) is 3.26. The second kappa shape index (κ2) is 10.8. The summed E-state index contributed by atoms with van der Waals surface area (Å²) in [6.07, 6.45) is 1.48. The molecule has 2 aromatic rings. The summed E-state index contributed by atoms with van der Waals surface area (Å²) in [5.41, 5.74) is 3.97. The fourth-order valence-electron chi connectivity index (χ4n) is 2.73. The first-order valence-electron chi connectivity index (χ1n) is 9.00. The molecule has 1 aliphatic heterocycles. The molecule has 0 radical (unpaired) electrons. The molecular formula is C20H20Cl3N3O3. The van der Waals surface area contributed by atoms with E-state index in [0.29, 0.717) is 39.6 Å². The van der Waals surface area contributed by atoms with Gasteiger partial charge >= 0.3 is 0 Å². The molecule has 0 saturated carbocycles. The van der Waals surface area contributed by atoms with Crippen LogP contribution in [0.1, 0.15) is 11.1 Å². The minimum atomic E-state index is -0.194. The Morgan fingerprint density at radius 3 is 2.52 bits per heavy atom. The van der Waals surface area contributed by atoms with Crippen LogP contribution in [0, 0.1) is 0 Å². The van der Waals surface area contributed by atoms with E-state index in [-0.39, 0.29) is 19.1 Å². The minimum absolute atomic E-state index is 0.194. The lowest BCUT2D eigenvalue weighted by Crippen LogP contribution is -2.42. The molecule has 1 fully saturated rings. The van der Waals surface area contributed by atoms with Crippen molar-refractivity contribution < 1.29 is 14.3 Å². The molecule has 154 valence electrons. The van der Waals surface area contributed by atoms with Gasteiger partial charge in [0, 0.05) is 23.7 Å². The highest BCUT2D eigenvalue weighted by atomic mass is 35.5. The largest absolute Gasteiger partial charge is 0.486 e. The van der Waals surface area contributed by atoms with Crippen molar-refractivity contribution >= 4 is 46.9 Å². The van der Waals surface area contributed by atoms with E-state index in [9.17, 15) is 4.79 Å². The Labute approximate surface area is 184 Å². The predicted octanol–water partition coefficient (Wildman–Crippen LogP) is 4.01. The van der Waals surface area contributed by atoms with Crippen molar-refractivity contribution in [2.45, 2.75) is 6.61 Å². The van der Waals surface area contributed by atoms with Gasteiger partial charge in [0.1, 0.15) is 6.61 Å². The molecular weight excluding hydrogens is 437 g/mol. The summed E-state index contributed by atoms with van der Waals surface area (Å²) in [7, 11) is 0. The smallest absolute Gasteiger partial charge is 0.254 e. The van der Waals surface area contributed by atoms with Gasteiger partial charge in [0.25, 0.3) is 5.91 Å². The molecule has 9 heteroatoms. The van der Waals surface area contributed by atoms with Crippen molar-refractivity contribution in [3.05, 3.63) is 62.6 Å². The molecule has 0 atom stereocenters. The van der Waals surface area contributed by atoms with Gasteiger partial charge in [0.2, 0.25) is 0 Å². The van der Waals surface area contributed by atoms with E-state index in [0.717, 1.165) is 18.7 Å². The lowest BCUT2D eigenvalue weighted by molar-refractivity contribution is -0.123. The summed E-state index contributed by atoms with van der Waals surface area (Å²) >= 11 is 18.7. The van der Waals surface area contributed by atoms with Crippen LogP contribution in [0.4, 0.5) is 0 Å². The van der Waals surface area contributed by atoms with Crippen LogP contribution in [0.3, 0.4) is 0 Å². The highest BCUT2D eigenvalue weighted by Crippen LogP contribution is 2.34. The second-order valence-corrected chi connectivity index (χ2v) is 7.60. The van der Waals surface area contributed by atoms with Gasteiger partial charge in [-0.15, -0.1) is 0 Å². The summed E-state index contributed by atoms with van der Waals surface area (Å²) in [6, 6.07) is 10.7. The van der Waals surface area contributed by atoms with Crippen molar-refractivity contribution in [3.63, 3.8) is 0 Å². The molecule has 1 N–H and O–H groups in total. The number of carbonyl (C=O) groups is 1. The van der Waals surface area contributed by atoms with Crippen molar-refractivity contribution in [1.29, 1.82) is 0 Å². The summed E-state index contributed by atoms with van der Waals surface area (Å²) in [5, 5.41) is 5.25. The van der Waals surface area contributed by atoms with Crippen LogP contribution in [0.2, 0.25) is 15.1 Å². The van der Waals surface area contributed by atoms with Gasteiger partial charge in [-0.05, 0) is 23.8 Å². The Morgan fingerprint density at radius 1 is 1.14 bits per heavy atom. The zero-order valence-electron chi connectivity index (χ0n) is 15.5. The molecule has 1 heterocycles. The first kappa shape index (κ1) is 21.9. The van der Waals surface area contributed by atoms with E-state index >= 15 is 0 Å². The highest BCUT2D eigenvalue weighted by molar-refractivity contribution is 6.37. The highest BCUT2D eigenvalue weighted by Gasteiger charge is 2.14. The van der Waals surface area contributed by atoms with Crippen LogP contribution >= 0.6 is 34.8 Å². The van der Waals surface area contributed by atoms with Crippen LogP contribution in [-0.4, -0.2) is 49.9 Å². The average molecular weight is 457 g/mol. The standard InChI is InChI=1S/C20H20Cl3N3O3/c21-16-4-2-1-3-15(16)13-29-20-17(22)9-14(10-18(20)23)11-24-25-19(27)12-26-5-7-28-8-6-26/h1-4,9-11H,5-8,12-13H2,(H,25,27)/b24-11+. The second-order valence-electron chi connectivity index (χ2n) is 6.38. The molecule has 2 aromatic carbocycles. The molecule has 0 unspecified atom stereocenters. The van der Waals surface area contributed by atoms with Crippen molar-refractivity contribution in [1.82, 2.24) is 10.3 Å². The summed E-state index contributed by atoms with van der Waals surface area (Å²) in [5.74, 6) is 0.168. The number of ether oxygens (including phenoxy) is 2. The predicted molar refractivity (Wildman–Crippen MR) is 115 cm³/mol. The van der Waals surface area contributed by atoms with Crippen LogP contribution in [0.15, 0.2) is 41.5 Å². The van der Waals surface area contributed by atoms with Crippen LogP contribution in [-0.2, 0) is 16.1 Å². The number of carbonyl (C=O) groups excluding carboxylic acids is 1. The summed E-state index contributed by atoms with van der Waals surface area (Å²) in [4.78, 5) is 14.0. The van der Waals surface area contributed by atoms with Crippen LogP contribution < -0.4 is 10.2 Å². The number of amides is 1. The molecule has 6 nitrogen and oxygen atoms in total. The summed E-state index contributed by atoms with van der Waals surface area (Å²) < 4.78 is 11.0. The Hall–Kier alpha value is -1.83. The number of hydrogen-bond donors (Lipinski definition) is 1. The Kier molecular flexibility index (Phi) is 8.15. The molecule has 1 amide bonds. The number of hydrogen-bond acceptors (Lipinski definition) is 5. The van der Waals surface area contributed by atoms with Gasteiger partial charge in [-0.25, -0.2) is 5.43 Å². The van der Waals surface area contributed by atoms with Crippen molar-refractivity contribution in [2.24, 2.45) is 5.10 Å². The monoisotopic (exact) mass is 455 g/mol. The van der Waals surface area contributed by atoms with Crippen molar-refractivity contribution in [3.8, 4) is 5.75 Å². The number of benzene rings is 2. The lowest BCUT2D eigenvalue weighted by Gasteiger charge is -2.25. The molecule has 3 rings (SSSR count). The first-order chi connectivity index (χ1) is 14.0. The third-order valence-corrected chi connectivity index (χ3v) is 5.15. The normalized spacial score (nSPS) is 14.9. The zero-order valence-corrected chi connectivity index (χ0v) is 17.8. The van der Waals surface area contributed by atoms with Gasteiger partial charge in [0.15, 0.2) is 5.75 Å². The van der Waals surface area contributed by atoms with E-state index in [4.69, 9.17) is 44.3 Å². The number of nitrogens with zero attached hydrogens (tertiary/aromatic N) is 2. The molecule has 1 saturated heterocycles. The van der Waals surface area contributed by atoms with Gasteiger partial charge in [-0.2, -0.15) is 5.10 Å². The maximum atomic E-state index is 11.9. The molecule has 0 spiro atoms. The average Bonchev–Trinajstić information content (AvgIpc) is 2.69. The topological polar surface area (TPSA) is 63.2 Å². The zero-order chi connectivity index (χ0) is 20.6. The molecule has 0 aliphatic carbocycles. The maximum Gasteiger partial charge on any atom is 0.254 e. The van der Waals surface area contributed by atoms with Gasteiger partial charge < -0.3 is 9.47 Å². The van der Waals surface area contributed by atoms with E-state index < -0.39 is 0 Å². The quantitative estimate of drug-likeness (QED) is 0.505.